The van der Waals surface area contributed by atoms with Gasteiger partial charge in [-0.1, -0.05) is 30.3 Å². The molecule has 32 heavy (non-hydrogen) atoms. The molecule has 1 saturated heterocycles. The minimum atomic E-state index is -1.31. The van der Waals surface area contributed by atoms with Crippen LogP contribution in [0.15, 0.2) is 54.9 Å². The zero-order chi connectivity index (χ0) is 22.5. The second-order valence-electron chi connectivity index (χ2n) is 8.20. The lowest BCUT2D eigenvalue weighted by atomic mass is 9.91. The molecule has 3 aromatic rings. The summed E-state index contributed by atoms with van der Waals surface area (Å²) in [6.07, 6.45) is 2.18. The lowest BCUT2D eigenvalue weighted by Gasteiger charge is -2.26. The molecule has 0 aliphatic carbocycles. The Bertz CT molecular complexity index is 1230. The number of nitrogens with one attached hydrogen (secondary N) is 1. The van der Waals surface area contributed by atoms with Crippen molar-refractivity contribution in [3.8, 4) is 5.69 Å². The molecule has 0 radical (unpaired) electrons. The Morgan fingerprint density at radius 3 is 2.78 bits per heavy atom. The van der Waals surface area contributed by atoms with Crippen LogP contribution >= 0.6 is 0 Å². The molecule has 10 nitrogen and oxygen atoms in total. The van der Waals surface area contributed by atoms with Crippen molar-refractivity contribution >= 4 is 23.5 Å². The molecule has 1 fully saturated rings. The first-order valence-electron chi connectivity index (χ1n) is 10.3. The Labute approximate surface area is 183 Å². The molecule has 1 N–H and O–H groups in total. The Morgan fingerprint density at radius 2 is 2.00 bits per heavy atom. The maximum absolute atomic E-state index is 13.3. The molecular weight excluding hydrogens is 410 g/mol. The fraction of sp³-hybridized carbons (Fsp3) is 0.273. The molecule has 1 aromatic heterocycles. The number of nitrogens with zero attached hydrogens (tertiary/aromatic N) is 6. The monoisotopic (exact) mass is 431 g/mol. The van der Waals surface area contributed by atoms with Crippen LogP contribution in [0.25, 0.3) is 5.69 Å². The largest absolute Gasteiger partial charge is 0.325 e. The van der Waals surface area contributed by atoms with Gasteiger partial charge in [-0.3, -0.25) is 14.5 Å². The highest BCUT2D eigenvalue weighted by molar-refractivity contribution is 6.11. The van der Waals surface area contributed by atoms with Gasteiger partial charge in [0.15, 0.2) is 0 Å². The van der Waals surface area contributed by atoms with Crippen molar-refractivity contribution in [2.75, 3.05) is 11.4 Å². The van der Waals surface area contributed by atoms with Crippen LogP contribution in [0.4, 0.5) is 10.5 Å². The SMILES string of the molecule is C[C@@H]1Cc2ccccc2N1C(=O)CN1C(=O)N[C@](C)(c2cccc(-n3cnnn3)c2)C1=O. The van der Waals surface area contributed by atoms with Crippen molar-refractivity contribution in [2.24, 2.45) is 0 Å². The van der Waals surface area contributed by atoms with E-state index in [4.69, 9.17) is 0 Å². The number of tetrazole rings is 1. The number of carbonyl (C=O) groups is 3. The van der Waals surface area contributed by atoms with E-state index in [1.54, 1.807) is 36.1 Å². The molecule has 0 bridgehead atoms. The number of rotatable bonds is 4. The molecule has 4 amide bonds. The van der Waals surface area contributed by atoms with Crippen molar-refractivity contribution in [3.63, 3.8) is 0 Å². The lowest BCUT2D eigenvalue weighted by Crippen LogP contribution is -2.46. The van der Waals surface area contributed by atoms with Crippen molar-refractivity contribution in [1.29, 1.82) is 0 Å². The number of imide groups is 1. The number of para-hydroxylation sites is 1. The highest BCUT2D eigenvalue weighted by Gasteiger charge is 2.50. The smallest absolute Gasteiger partial charge is 0.319 e. The molecule has 0 saturated carbocycles. The maximum Gasteiger partial charge on any atom is 0.325 e. The average Bonchev–Trinajstić information content (AvgIpc) is 3.48. The van der Waals surface area contributed by atoms with E-state index in [0.717, 1.165) is 22.6 Å². The summed E-state index contributed by atoms with van der Waals surface area (Å²) in [6.45, 7) is 3.26. The molecular formula is C22H21N7O3. The zero-order valence-electron chi connectivity index (χ0n) is 17.6. The Kier molecular flexibility index (Phi) is 4.50. The van der Waals surface area contributed by atoms with Gasteiger partial charge in [0.05, 0.1) is 5.69 Å². The van der Waals surface area contributed by atoms with E-state index in [0.29, 0.717) is 11.3 Å². The first-order chi connectivity index (χ1) is 15.4. The minimum absolute atomic E-state index is 0.0416. The molecule has 10 heteroatoms. The molecule has 2 aliphatic rings. The minimum Gasteiger partial charge on any atom is -0.319 e. The summed E-state index contributed by atoms with van der Waals surface area (Å²) >= 11 is 0. The number of fused-ring (bicyclic) bond motifs is 1. The number of anilines is 1. The quantitative estimate of drug-likeness (QED) is 0.625. The normalized spacial score (nSPS) is 22.2. The van der Waals surface area contributed by atoms with Gasteiger partial charge in [0.2, 0.25) is 5.91 Å². The van der Waals surface area contributed by atoms with Gasteiger partial charge in [0.1, 0.15) is 18.4 Å². The summed E-state index contributed by atoms with van der Waals surface area (Å²) in [5, 5.41) is 13.8. The van der Waals surface area contributed by atoms with Gasteiger partial charge in [0.25, 0.3) is 5.91 Å². The van der Waals surface area contributed by atoms with E-state index < -0.39 is 17.5 Å². The van der Waals surface area contributed by atoms with Crippen molar-refractivity contribution in [1.82, 2.24) is 30.4 Å². The summed E-state index contributed by atoms with van der Waals surface area (Å²) in [7, 11) is 0. The van der Waals surface area contributed by atoms with E-state index in [9.17, 15) is 14.4 Å². The number of benzene rings is 2. The number of aromatic nitrogens is 4. The summed E-state index contributed by atoms with van der Waals surface area (Å²) in [6, 6.07) is 14.1. The summed E-state index contributed by atoms with van der Waals surface area (Å²) in [4.78, 5) is 41.9. The van der Waals surface area contributed by atoms with Crippen LogP contribution in [0.3, 0.4) is 0 Å². The molecule has 2 aliphatic heterocycles. The van der Waals surface area contributed by atoms with Gasteiger partial charge >= 0.3 is 6.03 Å². The molecule has 162 valence electrons. The van der Waals surface area contributed by atoms with E-state index in [1.807, 2.05) is 31.2 Å². The second kappa shape index (κ2) is 7.26. The fourth-order valence-electron chi connectivity index (χ4n) is 4.43. The highest BCUT2D eigenvalue weighted by Crippen LogP contribution is 2.33. The third kappa shape index (κ3) is 3.03. The van der Waals surface area contributed by atoms with Crippen LogP contribution in [0.1, 0.15) is 25.0 Å². The van der Waals surface area contributed by atoms with Crippen molar-refractivity contribution < 1.29 is 14.4 Å². The van der Waals surface area contributed by atoms with Crippen LogP contribution in [0, 0.1) is 0 Å². The van der Waals surface area contributed by atoms with Gasteiger partial charge in [-0.15, -0.1) is 5.10 Å². The topological polar surface area (TPSA) is 113 Å². The molecule has 5 rings (SSSR count). The first kappa shape index (κ1) is 19.9. The number of hydrogen-bond acceptors (Lipinski definition) is 6. The molecule has 3 heterocycles. The van der Waals surface area contributed by atoms with Crippen LogP contribution in [0.2, 0.25) is 0 Å². The van der Waals surface area contributed by atoms with E-state index >= 15 is 0 Å². The molecule has 2 aromatic carbocycles. The van der Waals surface area contributed by atoms with Crippen LogP contribution in [-0.2, 0) is 21.5 Å². The maximum atomic E-state index is 13.3. The van der Waals surface area contributed by atoms with E-state index in [-0.39, 0.29) is 18.5 Å². The number of hydrogen-bond donors (Lipinski definition) is 1. The fourth-order valence-corrected chi connectivity index (χ4v) is 4.43. The lowest BCUT2D eigenvalue weighted by molar-refractivity contribution is -0.134. The van der Waals surface area contributed by atoms with Gasteiger partial charge < -0.3 is 10.2 Å². The summed E-state index contributed by atoms with van der Waals surface area (Å²) in [5.74, 6) is -0.775. The summed E-state index contributed by atoms with van der Waals surface area (Å²) < 4.78 is 1.46. The van der Waals surface area contributed by atoms with E-state index in [2.05, 4.69) is 20.8 Å². The van der Waals surface area contributed by atoms with Crippen molar-refractivity contribution in [3.05, 3.63) is 66.0 Å². The standard InChI is InChI=1S/C22H21N7O3/c1-14-10-15-6-3-4-9-18(15)29(14)19(30)12-27-20(31)22(2,24-21(27)32)16-7-5-8-17(11-16)28-13-23-25-26-28/h3-9,11,13-14H,10,12H2,1-2H3,(H,24,32)/t14-,22-/m1/s1. The van der Waals surface area contributed by atoms with Crippen molar-refractivity contribution in [2.45, 2.75) is 31.8 Å². The van der Waals surface area contributed by atoms with E-state index in [1.165, 1.54) is 11.0 Å². The number of amides is 4. The van der Waals surface area contributed by atoms with Gasteiger partial charge in [0, 0.05) is 11.7 Å². The Morgan fingerprint density at radius 1 is 1.19 bits per heavy atom. The zero-order valence-corrected chi connectivity index (χ0v) is 17.6. The Balaban J connectivity index is 1.40. The Hall–Kier alpha value is -4.08. The van der Waals surface area contributed by atoms with Gasteiger partial charge in [-0.05, 0) is 60.0 Å². The second-order valence-corrected chi connectivity index (χ2v) is 8.20. The predicted molar refractivity (Wildman–Crippen MR) is 114 cm³/mol. The summed E-state index contributed by atoms with van der Waals surface area (Å²) in [5.41, 5.74) is 1.81. The van der Waals surface area contributed by atoms with Crippen LogP contribution in [-0.4, -0.2) is 55.5 Å². The van der Waals surface area contributed by atoms with Gasteiger partial charge in [-0.2, -0.15) is 0 Å². The third-order valence-electron chi connectivity index (χ3n) is 6.08. The molecule has 0 unspecified atom stereocenters. The van der Waals surface area contributed by atoms with Crippen LogP contribution in [0.5, 0.6) is 0 Å². The first-order valence-corrected chi connectivity index (χ1v) is 10.3. The number of carbonyl (C=O) groups excluding carboxylic acids is 3. The average molecular weight is 431 g/mol. The highest BCUT2D eigenvalue weighted by atomic mass is 16.2. The molecule has 2 atom stereocenters. The number of urea groups is 1. The predicted octanol–water partition coefficient (Wildman–Crippen LogP) is 1.41. The third-order valence-corrected chi connectivity index (χ3v) is 6.08. The van der Waals surface area contributed by atoms with Crippen LogP contribution < -0.4 is 10.2 Å². The van der Waals surface area contributed by atoms with Gasteiger partial charge in [-0.25, -0.2) is 9.48 Å². The molecule has 0 spiro atoms.